The molecule has 1 saturated heterocycles. The first kappa shape index (κ1) is 16.1. The number of hydrogen-bond donors (Lipinski definition) is 4. The zero-order valence-electron chi connectivity index (χ0n) is 10.8. The van der Waals surface area contributed by atoms with Gasteiger partial charge in [-0.05, 0) is 6.07 Å². The van der Waals surface area contributed by atoms with Crippen LogP contribution in [-0.4, -0.2) is 49.6 Å². The van der Waals surface area contributed by atoms with E-state index < -0.39 is 45.1 Å². The molecule has 0 saturated carbocycles. The quantitative estimate of drug-likeness (QED) is 0.450. The number of rotatable bonds is 5. The van der Waals surface area contributed by atoms with E-state index in [-0.39, 0.29) is 6.54 Å². The molecule has 2 heterocycles. The number of ether oxygens (including phenoxy) is 1. The highest BCUT2D eigenvalue weighted by atomic mass is 31.1. The standard InChI is InChI=1S/C10H14N3O7P/c11-3-5-1-2-13(10(16)12-5)9-8(15)7(14)6(20-9)4-19-21(17)18/h1-2,6-9,14-15H,3-4,11H2/p+1. The Morgan fingerprint density at radius 2 is 2.19 bits per heavy atom. The Balaban J connectivity index is 2.17. The van der Waals surface area contributed by atoms with E-state index in [2.05, 4.69) is 9.51 Å². The first-order valence-electron chi connectivity index (χ1n) is 6.03. The van der Waals surface area contributed by atoms with Crippen LogP contribution in [0, 0.1) is 0 Å². The molecule has 5 N–H and O–H groups in total. The molecular formula is C10H15N3O7P+. The molecule has 21 heavy (non-hydrogen) atoms. The van der Waals surface area contributed by atoms with Gasteiger partial charge in [0.1, 0.15) is 24.9 Å². The fourth-order valence-electron chi connectivity index (χ4n) is 1.99. The van der Waals surface area contributed by atoms with Gasteiger partial charge in [-0.15, -0.1) is 9.42 Å². The molecule has 0 amide bonds. The van der Waals surface area contributed by atoms with Crippen LogP contribution < -0.4 is 11.4 Å². The summed E-state index contributed by atoms with van der Waals surface area (Å²) in [7, 11) is -2.85. The summed E-state index contributed by atoms with van der Waals surface area (Å²) >= 11 is 0. The van der Waals surface area contributed by atoms with Crippen molar-refractivity contribution >= 4 is 8.25 Å². The molecule has 5 unspecified atom stereocenters. The highest BCUT2D eigenvalue weighted by molar-refractivity contribution is 7.32. The minimum Gasteiger partial charge on any atom is -0.387 e. The molecule has 5 atom stereocenters. The van der Waals surface area contributed by atoms with Crippen LogP contribution in [0.5, 0.6) is 0 Å². The largest absolute Gasteiger partial charge is 0.694 e. The predicted octanol–water partition coefficient (Wildman–Crippen LogP) is -2.01. The Kier molecular flexibility index (Phi) is 5.12. The van der Waals surface area contributed by atoms with Gasteiger partial charge < -0.3 is 20.7 Å². The summed E-state index contributed by atoms with van der Waals surface area (Å²) in [5, 5.41) is 19.7. The van der Waals surface area contributed by atoms with Crippen LogP contribution in [0.4, 0.5) is 0 Å². The first-order valence-corrected chi connectivity index (χ1v) is 7.16. The third kappa shape index (κ3) is 3.50. The van der Waals surface area contributed by atoms with Crippen molar-refractivity contribution in [3.63, 3.8) is 0 Å². The van der Waals surface area contributed by atoms with Crippen molar-refractivity contribution in [1.29, 1.82) is 0 Å². The summed E-state index contributed by atoms with van der Waals surface area (Å²) in [5.74, 6) is 0. The molecule has 0 aliphatic carbocycles. The number of nitrogens with two attached hydrogens (primary N) is 1. The van der Waals surface area contributed by atoms with Crippen molar-refractivity contribution in [3.8, 4) is 0 Å². The third-order valence-electron chi connectivity index (χ3n) is 3.06. The number of nitrogens with zero attached hydrogens (tertiary/aromatic N) is 2. The molecule has 0 radical (unpaired) electrons. The molecule has 1 fully saturated rings. The van der Waals surface area contributed by atoms with E-state index in [1.807, 2.05) is 0 Å². The summed E-state index contributed by atoms with van der Waals surface area (Å²) in [5.41, 5.74) is 5.05. The molecular weight excluding hydrogens is 305 g/mol. The van der Waals surface area contributed by atoms with Crippen LogP contribution in [0.2, 0.25) is 0 Å². The Labute approximate surface area is 119 Å². The normalized spacial score (nSPS) is 29.6. The van der Waals surface area contributed by atoms with Gasteiger partial charge in [-0.25, -0.2) is 4.79 Å². The van der Waals surface area contributed by atoms with Gasteiger partial charge in [0.2, 0.25) is 0 Å². The van der Waals surface area contributed by atoms with Gasteiger partial charge in [-0.2, -0.15) is 4.98 Å². The molecule has 10 nitrogen and oxygen atoms in total. The highest BCUT2D eigenvalue weighted by Crippen LogP contribution is 2.30. The maximum atomic E-state index is 11.8. The van der Waals surface area contributed by atoms with Gasteiger partial charge in [0.05, 0.1) is 5.69 Å². The zero-order chi connectivity index (χ0) is 15.6. The van der Waals surface area contributed by atoms with Gasteiger partial charge in [-0.3, -0.25) is 4.57 Å². The van der Waals surface area contributed by atoms with E-state index in [0.717, 1.165) is 4.57 Å². The first-order chi connectivity index (χ1) is 9.93. The summed E-state index contributed by atoms with van der Waals surface area (Å²) in [4.78, 5) is 24.1. The van der Waals surface area contributed by atoms with Crippen molar-refractivity contribution in [1.82, 2.24) is 9.55 Å². The molecule has 2 rings (SSSR count). The average molecular weight is 320 g/mol. The Morgan fingerprint density at radius 1 is 1.48 bits per heavy atom. The Bertz CT molecular complexity index is 580. The van der Waals surface area contributed by atoms with Gasteiger partial charge in [-0.1, -0.05) is 0 Å². The van der Waals surface area contributed by atoms with E-state index in [1.165, 1.54) is 12.3 Å². The lowest BCUT2D eigenvalue weighted by Gasteiger charge is -2.17. The molecule has 116 valence electrons. The average Bonchev–Trinajstić information content (AvgIpc) is 2.73. The van der Waals surface area contributed by atoms with Crippen molar-refractivity contribution in [2.45, 2.75) is 31.1 Å². The monoisotopic (exact) mass is 320 g/mol. The lowest BCUT2D eigenvalue weighted by atomic mass is 10.1. The second-order valence-corrected chi connectivity index (χ2v) is 5.13. The lowest BCUT2D eigenvalue weighted by Crippen LogP contribution is -2.36. The minimum atomic E-state index is -2.85. The second-order valence-electron chi connectivity index (χ2n) is 4.39. The number of hydrogen-bond acceptors (Lipinski definition) is 8. The van der Waals surface area contributed by atoms with Crippen LogP contribution in [0.15, 0.2) is 17.1 Å². The third-order valence-corrected chi connectivity index (χ3v) is 3.43. The number of aromatic nitrogens is 2. The molecule has 0 aromatic carbocycles. The molecule has 1 aliphatic heterocycles. The van der Waals surface area contributed by atoms with Crippen molar-refractivity contribution in [2.24, 2.45) is 5.73 Å². The Morgan fingerprint density at radius 3 is 2.76 bits per heavy atom. The van der Waals surface area contributed by atoms with E-state index in [9.17, 15) is 19.6 Å². The molecule has 11 heteroatoms. The summed E-state index contributed by atoms with van der Waals surface area (Å²) < 4.78 is 21.2. The fourth-order valence-corrected chi connectivity index (χ4v) is 2.26. The van der Waals surface area contributed by atoms with Crippen molar-refractivity contribution < 1.29 is 28.9 Å². The van der Waals surface area contributed by atoms with Crippen molar-refractivity contribution in [2.75, 3.05) is 6.61 Å². The summed E-state index contributed by atoms with van der Waals surface area (Å²) in [6, 6.07) is 1.48. The number of aliphatic hydroxyl groups is 2. The molecule has 1 aromatic rings. The van der Waals surface area contributed by atoms with Gasteiger partial charge in [0, 0.05) is 17.3 Å². The van der Waals surface area contributed by atoms with Crippen LogP contribution in [-0.2, 0) is 20.4 Å². The van der Waals surface area contributed by atoms with Gasteiger partial charge >= 0.3 is 13.9 Å². The molecule has 1 aliphatic rings. The van der Waals surface area contributed by atoms with Gasteiger partial charge in [0.15, 0.2) is 6.23 Å². The van der Waals surface area contributed by atoms with E-state index in [4.69, 9.17) is 15.4 Å². The molecule has 0 spiro atoms. The predicted molar refractivity (Wildman–Crippen MR) is 68.1 cm³/mol. The fraction of sp³-hybridized carbons (Fsp3) is 0.600. The van der Waals surface area contributed by atoms with Gasteiger partial charge in [0.25, 0.3) is 0 Å². The smallest absolute Gasteiger partial charge is 0.387 e. The van der Waals surface area contributed by atoms with Crippen LogP contribution >= 0.6 is 8.25 Å². The second kappa shape index (κ2) is 6.67. The maximum Gasteiger partial charge on any atom is 0.694 e. The Hall–Kier alpha value is -1.26. The highest BCUT2D eigenvalue weighted by Gasteiger charge is 2.45. The maximum absolute atomic E-state index is 11.8. The van der Waals surface area contributed by atoms with Crippen molar-refractivity contribution in [3.05, 3.63) is 28.4 Å². The van der Waals surface area contributed by atoms with E-state index in [0.29, 0.717) is 5.69 Å². The minimum absolute atomic E-state index is 0.0901. The van der Waals surface area contributed by atoms with E-state index in [1.54, 1.807) is 0 Å². The molecule has 0 bridgehead atoms. The van der Waals surface area contributed by atoms with Crippen LogP contribution in [0.25, 0.3) is 0 Å². The van der Waals surface area contributed by atoms with E-state index >= 15 is 0 Å². The molecule has 1 aromatic heterocycles. The zero-order valence-corrected chi connectivity index (χ0v) is 11.7. The summed E-state index contributed by atoms with van der Waals surface area (Å²) in [6.45, 7) is -0.309. The SMILES string of the molecule is NCc1ccn(C2OC(CO[P+](=O)O)C(O)C2O)c(=O)n1. The van der Waals surface area contributed by atoms with Crippen LogP contribution in [0.1, 0.15) is 11.9 Å². The van der Waals surface area contributed by atoms with Crippen LogP contribution in [0.3, 0.4) is 0 Å². The number of aliphatic hydroxyl groups excluding tert-OH is 2. The lowest BCUT2D eigenvalue weighted by molar-refractivity contribution is -0.0517. The summed E-state index contributed by atoms with van der Waals surface area (Å²) in [6.07, 6.45) is -3.65. The topological polar surface area (TPSA) is 157 Å².